The molecule has 3 aromatic carbocycles. The maximum atomic E-state index is 14.9. The van der Waals surface area contributed by atoms with Crippen LogP contribution in [-0.2, 0) is 0 Å². The summed E-state index contributed by atoms with van der Waals surface area (Å²) in [5.74, 6) is -0.876. The van der Waals surface area contributed by atoms with Gasteiger partial charge in [-0.15, -0.1) is 0 Å². The molecule has 1 saturated carbocycles. The molecule has 1 aliphatic rings. The summed E-state index contributed by atoms with van der Waals surface area (Å²) in [5, 5.41) is 9.72. The Kier molecular flexibility index (Phi) is 5.32. The Morgan fingerprint density at radius 1 is 0.931 bits per heavy atom. The number of hydrogen-bond donors (Lipinski definition) is 0. The molecule has 1 aliphatic carbocycles. The number of benzene rings is 3. The van der Waals surface area contributed by atoms with Crippen molar-refractivity contribution in [1.82, 2.24) is 0 Å². The minimum Gasteiger partial charge on any atom is -0.206 e. The lowest BCUT2D eigenvalue weighted by Gasteiger charge is -2.28. The summed E-state index contributed by atoms with van der Waals surface area (Å²) in [4.78, 5) is 0. The highest BCUT2D eigenvalue weighted by molar-refractivity contribution is 5.89. The summed E-state index contributed by atoms with van der Waals surface area (Å²) >= 11 is 0. The van der Waals surface area contributed by atoms with E-state index in [1.54, 1.807) is 18.2 Å². The van der Waals surface area contributed by atoms with E-state index in [9.17, 15) is 13.2 Å². The van der Waals surface area contributed by atoms with Crippen molar-refractivity contribution >= 4 is 10.8 Å². The Bertz CT molecular complexity index is 1080. The second-order valence-corrected chi connectivity index (χ2v) is 7.96. The average molecular weight is 393 g/mol. The van der Waals surface area contributed by atoms with Gasteiger partial charge in [-0.3, -0.25) is 0 Å². The molecule has 0 aliphatic heterocycles. The van der Waals surface area contributed by atoms with Crippen LogP contribution >= 0.6 is 0 Å². The molecule has 0 amide bonds. The monoisotopic (exact) mass is 393 g/mol. The summed E-state index contributed by atoms with van der Waals surface area (Å²) in [7, 11) is 0. The van der Waals surface area contributed by atoms with Gasteiger partial charge in [0, 0.05) is 5.39 Å². The van der Waals surface area contributed by atoms with Gasteiger partial charge >= 0.3 is 0 Å². The predicted molar refractivity (Wildman–Crippen MR) is 109 cm³/mol. The fourth-order valence-corrected chi connectivity index (χ4v) is 4.54. The molecule has 148 valence electrons. The van der Waals surface area contributed by atoms with Crippen LogP contribution in [-0.4, -0.2) is 0 Å². The molecular weight excluding hydrogens is 371 g/mol. The highest BCUT2D eigenvalue weighted by Crippen LogP contribution is 2.39. The maximum absolute atomic E-state index is 14.9. The molecule has 0 atom stereocenters. The van der Waals surface area contributed by atoms with Crippen LogP contribution in [0.4, 0.5) is 13.2 Å². The second-order valence-electron chi connectivity index (χ2n) is 7.96. The van der Waals surface area contributed by atoms with Crippen LogP contribution in [0.2, 0.25) is 0 Å². The van der Waals surface area contributed by atoms with Crippen LogP contribution in [0.1, 0.15) is 56.1 Å². The number of rotatable bonds is 3. The molecule has 4 heteroatoms. The highest BCUT2D eigenvalue weighted by atomic mass is 19.1. The lowest BCUT2D eigenvalue weighted by Crippen LogP contribution is -2.13. The number of nitriles is 1. The lowest BCUT2D eigenvalue weighted by molar-refractivity contribution is 0.318. The van der Waals surface area contributed by atoms with Gasteiger partial charge in [0.1, 0.15) is 23.5 Å². The van der Waals surface area contributed by atoms with Crippen molar-refractivity contribution in [1.29, 1.82) is 5.26 Å². The Hall–Kier alpha value is -2.80. The molecule has 3 aromatic rings. The van der Waals surface area contributed by atoms with E-state index in [1.807, 2.05) is 0 Å². The molecule has 0 spiro atoms. The number of nitrogens with zero attached hydrogens (tertiary/aromatic N) is 1. The van der Waals surface area contributed by atoms with E-state index in [0.717, 1.165) is 43.6 Å². The van der Waals surface area contributed by atoms with Gasteiger partial charge in [0.2, 0.25) is 0 Å². The molecule has 4 rings (SSSR count). The molecule has 0 saturated heterocycles. The summed E-state index contributed by atoms with van der Waals surface area (Å²) in [6, 6.07) is 12.2. The molecule has 29 heavy (non-hydrogen) atoms. The fraction of sp³-hybridized carbons (Fsp3) is 0.320. The molecule has 0 N–H and O–H groups in total. The lowest BCUT2D eigenvalue weighted by atomic mass is 9.77. The molecule has 0 heterocycles. The third-order valence-electron chi connectivity index (χ3n) is 6.32. The van der Waals surface area contributed by atoms with Crippen LogP contribution in [0.5, 0.6) is 0 Å². The van der Waals surface area contributed by atoms with E-state index in [-0.39, 0.29) is 22.4 Å². The Morgan fingerprint density at radius 2 is 1.62 bits per heavy atom. The molecule has 0 aromatic heterocycles. The summed E-state index contributed by atoms with van der Waals surface area (Å²) in [6.45, 7) is 2.19. The molecule has 1 nitrogen and oxygen atoms in total. The summed E-state index contributed by atoms with van der Waals surface area (Å²) < 4.78 is 44.2. The van der Waals surface area contributed by atoms with Gasteiger partial charge in [-0.25, -0.2) is 13.2 Å². The van der Waals surface area contributed by atoms with Gasteiger partial charge < -0.3 is 0 Å². The Morgan fingerprint density at radius 3 is 2.24 bits per heavy atom. The summed E-state index contributed by atoms with van der Waals surface area (Å²) in [5.41, 5.74) is 0.939. The molecular formula is C25H22F3N. The van der Waals surface area contributed by atoms with Crippen LogP contribution in [0, 0.1) is 34.7 Å². The smallest absolute Gasteiger partial charge is 0.148 e. The van der Waals surface area contributed by atoms with Crippen molar-refractivity contribution < 1.29 is 13.2 Å². The number of halogens is 3. The Labute approximate surface area is 168 Å². The van der Waals surface area contributed by atoms with Crippen molar-refractivity contribution in [2.24, 2.45) is 5.92 Å². The molecule has 0 radical (unpaired) electrons. The third-order valence-corrected chi connectivity index (χ3v) is 6.32. The van der Waals surface area contributed by atoms with Crippen molar-refractivity contribution in [3.05, 3.63) is 71.0 Å². The van der Waals surface area contributed by atoms with Crippen molar-refractivity contribution in [3.63, 3.8) is 0 Å². The average Bonchev–Trinajstić information content (AvgIpc) is 2.73. The largest absolute Gasteiger partial charge is 0.206 e. The molecule has 0 bridgehead atoms. The van der Waals surface area contributed by atoms with E-state index in [2.05, 4.69) is 6.92 Å². The van der Waals surface area contributed by atoms with Crippen LogP contribution in [0.25, 0.3) is 21.9 Å². The number of hydrogen-bond acceptors (Lipinski definition) is 1. The van der Waals surface area contributed by atoms with Crippen LogP contribution in [0.3, 0.4) is 0 Å². The van der Waals surface area contributed by atoms with Gasteiger partial charge in [-0.05, 0) is 78.3 Å². The van der Waals surface area contributed by atoms with Gasteiger partial charge in [0.05, 0.1) is 11.1 Å². The SMILES string of the molecule is CCC1CCC(c2cc(F)c(-c3ccc4c(F)c(C#N)ccc4c3)c(F)c2)CC1. The van der Waals surface area contributed by atoms with E-state index >= 15 is 0 Å². The van der Waals surface area contributed by atoms with Crippen LogP contribution < -0.4 is 0 Å². The topological polar surface area (TPSA) is 23.8 Å². The van der Waals surface area contributed by atoms with Crippen molar-refractivity contribution in [3.8, 4) is 17.2 Å². The first-order valence-corrected chi connectivity index (χ1v) is 10.1. The zero-order valence-electron chi connectivity index (χ0n) is 16.3. The van der Waals surface area contributed by atoms with E-state index < -0.39 is 17.5 Å². The standard InChI is InChI=1S/C25H22F3N/c1-2-15-3-5-16(6-4-15)20-12-22(26)24(23(27)13-20)18-9-10-21-17(11-18)7-8-19(14-29)25(21)28/h7-13,15-16H,2-6H2,1H3. The van der Waals surface area contributed by atoms with E-state index in [4.69, 9.17) is 5.26 Å². The first-order chi connectivity index (χ1) is 14.0. The van der Waals surface area contributed by atoms with Gasteiger partial charge in [-0.2, -0.15) is 5.26 Å². The zero-order valence-corrected chi connectivity index (χ0v) is 16.3. The van der Waals surface area contributed by atoms with Gasteiger partial charge in [0.15, 0.2) is 0 Å². The van der Waals surface area contributed by atoms with Crippen molar-refractivity contribution in [2.45, 2.75) is 44.9 Å². The van der Waals surface area contributed by atoms with E-state index in [1.165, 1.54) is 30.3 Å². The van der Waals surface area contributed by atoms with Crippen molar-refractivity contribution in [2.75, 3.05) is 0 Å². The van der Waals surface area contributed by atoms with Gasteiger partial charge in [-0.1, -0.05) is 31.5 Å². The normalized spacial score (nSPS) is 19.3. The van der Waals surface area contributed by atoms with E-state index in [0.29, 0.717) is 10.9 Å². The molecule has 0 unspecified atom stereocenters. The molecule has 1 fully saturated rings. The first kappa shape index (κ1) is 19.5. The zero-order chi connectivity index (χ0) is 20.5. The third kappa shape index (κ3) is 3.62. The quantitative estimate of drug-likeness (QED) is 0.452. The first-order valence-electron chi connectivity index (χ1n) is 10.1. The summed E-state index contributed by atoms with van der Waals surface area (Å²) in [6.07, 6.45) is 5.30. The van der Waals surface area contributed by atoms with Crippen LogP contribution in [0.15, 0.2) is 42.5 Å². The second kappa shape index (κ2) is 7.91. The minimum absolute atomic E-state index is 0.0511. The van der Waals surface area contributed by atoms with Gasteiger partial charge in [0.25, 0.3) is 0 Å². The predicted octanol–water partition coefficient (Wildman–Crippen LogP) is 7.48. The number of fused-ring (bicyclic) bond motifs is 1. The highest BCUT2D eigenvalue weighted by Gasteiger charge is 2.24. The fourth-order valence-electron chi connectivity index (χ4n) is 4.54. The maximum Gasteiger partial charge on any atom is 0.148 e. The Balaban J connectivity index is 1.70. The minimum atomic E-state index is -0.615.